The molecule has 0 bridgehead atoms. The topological polar surface area (TPSA) is 47.9 Å². The summed E-state index contributed by atoms with van der Waals surface area (Å²) >= 11 is 0. The molecule has 0 atom stereocenters. The maximum absolute atomic E-state index is 8.64. The minimum Gasteiger partial charge on any atom is -0.494 e. The molecule has 4 nitrogen and oxygen atoms in total. The highest BCUT2D eigenvalue weighted by molar-refractivity contribution is 5.38. The van der Waals surface area contributed by atoms with Crippen molar-refractivity contribution in [1.29, 1.82) is 0 Å². The molecule has 110 valence electrons. The number of hydrogen-bond donors (Lipinski definition) is 1. The molecule has 0 heterocycles. The molecule has 1 aromatic carbocycles. The quantitative estimate of drug-likeness (QED) is 0.553. The number of ether oxygens (including phenoxy) is 3. The van der Waals surface area contributed by atoms with E-state index in [4.69, 9.17) is 19.3 Å². The summed E-state index contributed by atoms with van der Waals surface area (Å²) in [5, 5.41) is 8.64. The first-order valence-electron chi connectivity index (χ1n) is 6.76. The van der Waals surface area contributed by atoms with E-state index in [0.717, 1.165) is 17.7 Å². The molecule has 4 heteroatoms. The van der Waals surface area contributed by atoms with Crippen LogP contribution in [0.15, 0.2) is 24.3 Å². The molecule has 0 unspecified atom stereocenters. The Morgan fingerprint density at radius 1 is 1.05 bits per heavy atom. The van der Waals surface area contributed by atoms with Crippen molar-refractivity contribution in [2.75, 3.05) is 40.1 Å². The van der Waals surface area contributed by atoms with Gasteiger partial charge in [0, 0.05) is 32.1 Å². The second-order valence-electron chi connectivity index (χ2n) is 4.11. The van der Waals surface area contributed by atoms with Crippen molar-refractivity contribution in [1.82, 2.24) is 0 Å². The van der Waals surface area contributed by atoms with Gasteiger partial charge in [-0.05, 0) is 24.3 Å². The van der Waals surface area contributed by atoms with Crippen LogP contribution in [0, 0.1) is 11.8 Å². The standard InChI is InChI=1S/C16H22O4/c1-18-13-14-19-11-4-12-20-16-8-6-15(7-9-16)5-2-3-10-17/h6-9,17H,3-4,10-14H2,1H3. The van der Waals surface area contributed by atoms with Crippen LogP contribution in [-0.2, 0) is 9.47 Å². The second-order valence-corrected chi connectivity index (χ2v) is 4.11. The van der Waals surface area contributed by atoms with Crippen molar-refractivity contribution in [3.8, 4) is 17.6 Å². The summed E-state index contributed by atoms with van der Waals surface area (Å²) in [5.41, 5.74) is 0.925. The lowest BCUT2D eigenvalue weighted by Gasteiger charge is -2.06. The van der Waals surface area contributed by atoms with Crippen LogP contribution in [0.4, 0.5) is 0 Å². The SMILES string of the molecule is COCCOCCCOc1ccc(C#CCCO)cc1. The van der Waals surface area contributed by atoms with Crippen LogP contribution in [0.1, 0.15) is 18.4 Å². The van der Waals surface area contributed by atoms with Crippen molar-refractivity contribution >= 4 is 0 Å². The number of benzene rings is 1. The van der Waals surface area contributed by atoms with Crippen LogP contribution in [0.25, 0.3) is 0 Å². The molecule has 0 aromatic heterocycles. The van der Waals surface area contributed by atoms with Crippen molar-refractivity contribution in [2.24, 2.45) is 0 Å². The molecule has 0 fully saturated rings. The lowest BCUT2D eigenvalue weighted by molar-refractivity contribution is 0.0644. The Bertz CT molecular complexity index is 403. The number of methoxy groups -OCH3 is 1. The predicted octanol–water partition coefficient (Wildman–Crippen LogP) is 1.85. The molecule has 0 aliphatic heterocycles. The third kappa shape index (κ3) is 7.80. The average molecular weight is 278 g/mol. The number of rotatable bonds is 9. The first-order chi connectivity index (χ1) is 9.86. The van der Waals surface area contributed by atoms with E-state index in [1.54, 1.807) is 7.11 Å². The lowest BCUT2D eigenvalue weighted by atomic mass is 10.2. The van der Waals surface area contributed by atoms with Crippen LogP contribution in [0.3, 0.4) is 0 Å². The van der Waals surface area contributed by atoms with E-state index in [1.165, 1.54) is 0 Å². The molecular formula is C16H22O4. The Morgan fingerprint density at radius 3 is 2.55 bits per heavy atom. The molecule has 0 aliphatic carbocycles. The van der Waals surface area contributed by atoms with Crippen LogP contribution >= 0.6 is 0 Å². The molecular weight excluding hydrogens is 256 g/mol. The Hall–Kier alpha value is -1.54. The van der Waals surface area contributed by atoms with Crippen molar-refractivity contribution in [2.45, 2.75) is 12.8 Å². The first kappa shape index (κ1) is 16.5. The second kappa shape index (κ2) is 11.3. The summed E-state index contributed by atoms with van der Waals surface area (Å²) in [5.74, 6) is 6.68. The third-order valence-electron chi connectivity index (χ3n) is 2.46. The summed E-state index contributed by atoms with van der Waals surface area (Å²) in [7, 11) is 1.66. The summed E-state index contributed by atoms with van der Waals surface area (Å²) in [6.07, 6.45) is 1.35. The Labute approximate surface area is 120 Å². The Morgan fingerprint density at radius 2 is 1.85 bits per heavy atom. The predicted molar refractivity (Wildman–Crippen MR) is 77.8 cm³/mol. The molecule has 0 saturated heterocycles. The van der Waals surface area contributed by atoms with Crippen LogP contribution in [0.2, 0.25) is 0 Å². The zero-order valence-electron chi connectivity index (χ0n) is 11.9. The fraction of sp³-hybridized carbons (Fsp3) is 0.500. The van der Waals surface area contributed by atoms with Gasteiger partial charge in [-0.2, -0.15) is 0 Å². The van der Waals surface area contributed by atoms with Gasteiger partial charge >= 0.3 is 0 Å². The molecule has 20 heavy (non-hydrogen) atoms. The molecule has 0 aliphatic rings. The van der Waals surface area contributed by atoms with E-state index in [0.29, 0.717) is 32.8 Å². The van der Waals surface area contributed by atoms with Crippen molar-refractivity contribution in [3.63, 3.8) is 0 Å². The highest BCUT2D eigenvalue weighted by Gasteiger charge is 1.94. The van der Waals surface area contributed by atoms with Gasteiger partial charge in [0.1, 0.15) is 5.75 Å². The van der Waals surface area contributed by atoms with Gasteiger partial charge in [0.05, 0.1) is 26.4 Å². The van der Waals surface area contributed by atoms with Gasteiger partial charge in [0.2, 0.25) is 0 Å². The van der Waals surface area contributed by atoms with Gasteiger partial charge in [0.25, 0.3) is 0 Å². The van der Waals surface area contributed by atoms with E-state index in [9.17, 15) is 0 Å². The highest BCUT2D eigenvalue weighted by Crippen LogP contribution is 2.11. The van der Waals surface area contributed by atoms with Crippen molar-refractivity contribution in [3.05, 3.63) is 29.8 Å². The van der Waals surface area contributed by atoms with E-state index in [-0.39, 0.29) is 6.61 Å². The summed E-state index contributed by atoms with van der Waals surface area (Å²) in [6.45, 7) is 2.65. The summed E-state index contributed by atoms with van der Waals surface area (Å²) in [4.78, 5) is 0. The maximum Gasteiger partial charge on any atom is 0.119 e. The van der Waals surface area contributed by atoms with E-state index < -0.39 is 0 Å². The van der Waals surface area contributed by atoms with Gasteiger partial charge in [-0.15, -0.1) is 0 Å². The molecule has 1 N–H and O–H groups in total. The fourth-order valence-corrected chi connectivity index (χ4v) is 1.45. The summed E-state index contributed by atoms with van der Waals surface area (Å²) in [6, 6.07) is 7.62. The fourth-order valence-electron chi connectivity index (χ4n) is 1.45. The van der Waals surface area contributed by atoms with Gasteiger partial charge in [-0.1, -0.05) is 11.8 Å². The maximum atomic E-state index is 8.64. The first-order valence-corrected chi connectivity index (χ1v) is 6.76. The number of aliphatic hydroxyl groups excluding tert-OH is 1. The van der Waals surface area contributed by atoms with Crippen molar-refractivity contribution < 1.29 is 19.3 Å². The van der Waals surface area contributed by atoms with E-state index >= 15 is 0 Å². The summed E-state index contributed by atoms with van der Waals surface area (Å²) < 4.78 is 15.8. The zero-order valence-corrected chi connectivity index (χ0v) is 11.9. The molecule has 0 saturated carbocycles. The van der Waals surface area contributed by atoms with Gasteiger partial charge in [0.15, 0.2) is 0 Å². The minimum atomic E-state index is 0.0979. The number of hydrogen-bond acceptors (Lipinski definition) is 4. The van der Waals surface area contributed by atoms with Crippen LogP contribution in [-0.4, -0.2) is 45.3 Å². The highest BCUT2D eigenvalue weighted by atomic mass is 16.5. The van der Waals surface area contributed by atoms with Gasteiger partial charge < -0.3 is 19.3 Å². The normalized spacial score (nSPS) is 9.90. The monoisotopic (exact) mass is 278 g/mol. The lowest BCUT2D eigenvalue weighted by Crippen LogP contribution is -2.06. The van der Waals surface area contributed by atoms with Gasteiger partial charge in [-0.3, -0.25) is 0 Å². The zero-order chi connectivity index (χ0) is 14.5. The number of aliphatic hydroxyl groups is 1. The Balaban J connectivity index is 2.17. The Kier molecular flexibility index (Phi) is 9.33. The molecule has 0 radical (unpaired) electrons. The van der Waals surface area contributed by atoms with E-state index in [1.807, 2.05) is 24.3 Å². The van der Waals surface area contributed by atoms with Crippen LogP contribution < -0.4 is 4.74 Å². The average Bonchev–Trinajstić information content (AvgIpc) is 2.48. The van der Waals surface area contributed by atoms with Gasteiger partial charge in [-0.25, -0.2) is 0 Å². The molecule has 1 rings (SSSR count). The van der Waals surface area contributed by atoms with Crippen LogP contribution in [0.5, 0.6) is 5.75 Å². The largest absolute Gasteiger partial charge is 0.494 e. The molecule has 0 amide bonds. The minimum absolute atomic E-state index is 0.0979. The third-order valence-corrected chi connectivity index (χ3v) is 2.46. The smallest absolute Gasteiger partial charge is 0.119 e. The van der Waals surface area contributed by atoms with E-state index in [2.05, 4.69) is 11.8 Å². The molecule has 1 aromatic rings. The molecule has 0 spiro atoms.